The molecule has 0 aliphatic heterocycles. The number of hydrogen-bond donors (Lipinski definition) is 1. The first-order valence-corrected chi connectivity index (χ1v) is 9.41. The number of rotatable bonds is 5. The van der Waals surface area contributed by atoms with Crippen molar-refractivity contribution in [3.8, 4) is 0 Å². The first-order valence-electron chi connectivity index (χ1n) is 9.03. The highest BCUT2D eigenvalue weighted by atomic mass is 35.5. The summed E-state index contributed by atoms with van der Waals surface area (Å²) in [7, 11) is 0. The summed E-state index contributed by atoms with van der Waals surface area (Å²) in [6, 6.07) is 22.8. The van der Waals surface area contributed by atoms with Crippen LogP contribution in [0.3, 0.4) is 0 Å². The van der Waals surface area contributed by atoms with E-state index in [1.54, 1.807) is 0 Å². The van der Waals surface area contributed by atoms with Crippen LogP contribution in [0.2, 0.25) is 5.02 Å². The molecule has 1 aromatic heterocycles. The van der Waals surface area contributed by atoms with Gasteiger partial charge in [0.2, 0.25) is 0 Å². The van der Waals surface area contributed by atoms with Crippen LogP contribution in [0.15, 0.2) is 72.8 Å². The normalized spacial score (nSPS) is 12.1. The van der Waals surface area contributed by atoms with Crippen molar-refractivity contribution in [3.63, 3.8) is 0 Å². The largest absolute Gasteiger partial charge is 0.346 e. The highest BCUT2D eigenvalue weighted by molar-refractivity contribution is 6.30. The van der Waals surface area contributed by atoms with Gasteiger partial charge in [-0.2, -0.15) is 0 Å². The summed E-state index contributed by atoms with van der Waals surface area (Å²) in [5, 5.41) is 12.1. The van der Waals surface area contributed by atoms with Crippen LogP contribution in [-0.2, 0) is 6.54 Å². The minimum absolute atomic E-state index is 0.106. The van der Waals surface area contributed by atoms with E-state index in [-0.39, 0.29) is 11.9 Å². The Labute approximate surface area is 167 Å². The molecule has 0 aliphatic rings. The van der Waals surface area contributed by atoms with Crippen LogP contribution in [-0.4, -0.2) is 20.9 Å². The van der Waals surface area contributed by atoms with Crippen LogP contribution < -0.4 is 5.32 Å². The zero-order chi connectivity index (χ0) is 19.5. The molecule has 140 valence electrons. The predicted molar refractivity (Wildman–Crippen MR) is 110 cm³/mol. The molecule has 3 aromatic carbocycles. The number of aromatic nitrogens is 3. The average molecular weight is 391 g/mol. The van der Waals surface area contributed by atoms with Gasteiger partial charge in [0.15, 0.2) is 0 Å². The molecule has 0 aliphatic carbocycles. The van der Waals surface area contributed by atoms with Crippen LogP contribution >= 0.6 is 11.6 Å². The smallest absolute Gasteiger partial charge is 0.251 e. The third-order valence-electron chi connectivity index (χ3n) is 4.69. The Morgan fingerprint density at radius 2 is 1.75 bits per heavy atom. The Kier molecular flexibility index (Phi) is 5.08. The summed E-state index contributed by atoms with van der Waals surface area (Å²) in [6.45, 7) is 2.55. The molecule has 28 heavy (non-hydrogen) atoms. The fourth-order valence-corrected chi connectivity index (χ4v) is 3.21. The Balaban J connectivity index is 1.43. The molecule has 6 heteroatoms. The summed E-state index contributed by atoms with van der Waals surface area (Å²) in [5.41, 5.74) is 4.54. The first-order chi connectivity index (χ1) is 13.6. The number of benzene rings is 3. The lowest BCUT2D eigenvalue weighted by Crippen LogP contribution is -2.26. The highest BCUT2D eigenvalue weighted by Crippen LogP contribution is 2.17. The lowest BCUT2D eigenvalue weighted by atomic mass is 10.1. The van der Waals surface area contributed by atoms with Gasteiger partial charge in [0.05, 0.1) is 18.1 Å². The molecular weight excluding hydrogens is 372 g/mol. The lowest BCUT2D eigenvalue weighted by Gasteiger charge is -2.14. The summed E-state index contributed by atoms with van der Waals surface area (Å²) in [5.74, 6) is -0.111. The Bertz CT molecular complexity index is 1100. The molecule has 0 saturated heterocycles. The molecule has 0 fully saturated rings. The van der Waals surface area contributed by atoms with E-state index >= 15 is 0 Å². The summed E-state index contributed by atoms with van der Waals surface area (Å²) < 4.78 is 1.85. The number of nitrogens with one attached hydrogen (secondary N) is 1. The number of amides is 1. The van der Waals surface area contributed by atoms with Gasteiger partial charge in [-0.3, -0.25) is 4.79 Å². The van der Waals surface area contributed by atoms with E-state index in [1.165, 1.54) is 0 Å². The molecule has 1 atom stereocenters. The fraction of sp³-hybridized carbons (Fsp3) is 0.136. The number of carbonyl (C=O) groups is 1. The molecule has 4 rings (SSSR count). The quantitative estimate of drug-likeness (QED) is 0.540. The van der Waals surface area contributed by atoms with Crippen molar-refractivity contribution in [2.75, 3.05) is 0 Å². The van der Waals surface area contributed by atoms with Gasteiger partial charge < -0.3 is 5.32 Å². The van der Waals surface area contributed by atoms with Crippen LogP contribution in [0.4, 0.5) is 0 Å². The van der Waals surface area contributed by atoms with Crippen molar-refractivity contribution >= 4 is 28.5 Å². The van der Waals surface area contributed by atoms with Crippen molar-refractivity contribution in [3.05, 3.63) is 94.5 Å². The van der Waals surface area contributed by atoms with E-state index in [1.807, 2.05) is 84.4 Å². The summed E-state index contributed by atoms with van der Waals surface area (Å²) in [6.07, 6.45) is 0. The fourth-order valence-electron chi connectivity index (χ4n) is 3.08. The van der Waals surface area contributed by atoms with Gasteiger partial charge in [-0.15, -0.1) is 5.10 Å². The minimum atomic E-state index is -0.111. The number of nitrogens with zero attached hydrogens (tertiary/aromatic N) is 3. The van der Waals surface area contributed by atoms with Crippen LogP contribution in [0.5, 0.6) is 0 Å². The first kappa shape index (κ1) is 18.2. The predicted octanol–water partition coefficient (Wildman–Crippen LogP) is 4.62. The summed E-state index contributed by atoms with van der Waals surface area (Å²) >= 11 is 5.92. The van der Waals surface area contributed by atoms with E-state index < -0.39 is 0 Å². The topological polar surface area (TPSA) is 59.8 Å². The number of hydrogen-bond acceptors (Lipinski definition) is 3. The van der Waals surface area contributed by atoms with Gasteiger partial charge in [-0.05, 0) is 54.4 Å². The zero-order valence-corrected chi connectivity index (χ0v) is 16.1. The van der Waals surface area contributed by atoms with Crippen LogP contribution in [0.25, 0.3) is 11.0 Å². The number of fused-ring (bicyclic) bond motifs is 1. The van der Waals surface area contributed by atoms with E-state index in [0.717, 1.165) is 22.2 Å². The molecule has 0 unspecified atom stereocenters. The van der Waals surface area contributed by atoms with E-state index in [2.05, 4.69) is 15.6 Å². The maximum Gasteiger partial charge on any atom is 0.251 e. The molecule has 1 N–H and O–H groups in total. The highest BCUT2D eigenvalue weighted by Gasteiger charge is 2.12. The van der Waals surface area contributed by atoms with Crippen molar-refractivity contribution in [2.24, 2.45) is 0 Å². The van der Waals surface area contributed by atoms with Gasteiger partial charge in [-0.1, -0.05) is 53.2 Å². The van der Waals surface area contributed by atoms with Crippen molar-refractivity contribution in [1.29, 1.82) is 0 Å². The van der Waals surface area contributed by atoms with Crippen LogP contribution in [0.1, 0.15) is 34.5 Å². The Hall–Kier alpha value is -3.18. The monoisotopic (exact) mass is 390 g/mol. The molecule has 5 nitrogen and oxygen atoms in total. The van der Waals surface area contributed by atoms with E-state index in [9.17, 15) is 4.79 Å². The second-order valence-corrected chi connectivity index (χ2v) is 7.12. The number of para-hydroxylation sites is 1. The van der Waals surface area contributed by atoms with Crippen LogP contribution in [0, 0.1) is 0 Å². The van der Waals surface area contributed by atoms with Gasteiger partial charge in [-0.25, -0.2) is 4.68 Å². The van der Waals surface area contributed by atoms with Crippen molar-refractivity contribution in [2.45, 2.75) is 19.5 Å². The molecule has 4 aromatic rings. The maximum atomic E-state index is 12.5. The number of halogens is 1. The molecule has 1 amide bonds. The van der Waals surface area contributed by atoms with Gasteiger partial charge in [0.1, 0.15) is 5.52 Å². The average Bonchev–Trinajstić information content (AvgIpc) is 3.12. The third-order valence-corrected chi connectivity index (χ3v) is 4.94. The lowest BCUT2D eigenvalue weighted by molar-refractivity contribution is 0.0940. The molecular formula is C22H19ClN4O. The SMILES string of the molecule is C[C@@H](NC(=O)c1ccc(Cn2nnc3ccccc32)cc1)c1ccc(Cl)cc1. The Morgan fingerprint density at radius 1 is 1.04 bits per heavy atom. The summed E-state index contributed by atoms with van der Waals surface area (Å²) in [4.78, 5) is 12.5. The Morgan fingerprint density at radius 3 is 2.50 bits per heavy atom. The van der Waals surface area contributed by atoms with Gasteiger partial charge in [0.25, 0.3) is 5.91 Å². The zero-order valence-electron chi connectivity index (χ0n) is 15.3. The van der Waals surface area contributed by atoms with Crippen molar-refractivity contribution < 1.29 is 4.79 Å². The third kappa shape index (κ3) is 3.89. The van der Waals surface area contributed by atoms with Crippen molar-refractivity contribution in [1.82, 2.24) is 20.3 Å². The van der Waals surface area contributed by atoms with Gasteiger partial charge in [0, 0.05) is 10.6 Å². The standard InChI is InChI=1S/C22H19ClN4O/c1-15(17-10-12-19(23)13-11-17)24-22(28)18-8-6-16(7-9-18)14-27-21-5-3-2-4-20(21)25-26-27/h2-13,15H,14H2,1H3,(H,24,28)/t15-/m1/s1. The molecule has 0 saturated carbocycles. The second-order valence-electron chi connectivity index (χ2n) is 6.68. The van der Waals surface area contributed by atoms with E-state index in [4.69, 9.17) is 11.6 Å². The minimum Gasteiger partial charge on any atom is -0.346 e. The number of carbonyl (C=O) groups excluding carboxylic acids is 1. The molecule has 0 bridgehead atoms. The molecule has 0 spiro atoms. The second kappa shape index (κ2) is 7.82. The van der Waals surface area contributed by atoms with E-state index in [0.29, 0.717) is 17.1 Å². The van der Waals surface area contributed by atoms with Gasteiger partial charge >= 0.3 is 0 Å². The molecule has 0 radical (unpaired) electrons. The maximum absolute atomic E-state index is 12.5. The molecule has 1 heterocycles.